The number of H-pyrrole nitrogens is 1. The highest BCUT2D eigenvalue weighted by Crippen LogP contribution is 2.30. The lowest BCUT2D eigenvalue weighted by Gasteiger charge is -2.33. The summed E-state index contributed by atoms with van der Waals surface area (Å²) >= 11 is 0. The number of amides is 1. The van der Waals surface area contributed by atoms with Crippen LogP contribution < -0.4 is 10.6 Å². The topological polar surface area (TPSA) is 131 Å². The molecule has 0 radical (unpaired) electrons. The quantitative estimate of drug-likeness (QED) is 0.258. The van der Waals surface area contributed by atoms with E-state index in [0.29, 0.717) is 22.5 Å². The van der Waals surface area contributed by atoms with Gasteiger partial charge in [-0.1, -0.05) is 6.07 Å². The van der Waals surface area contributed by atoms with Crippen molar-refractivity contribution in [2.24, 2.45) is 0 Å². The zero-order valence-corrected chi connectivity index (χ0v) is 19.9. The zero-order chi connectivity index (χ0) is 26.0. The molecule has 186 valence electrons. The maximum Gasteiger partial charge on any atom is 0.253 e. The number of hydrogen-bond donors (Lipinski definition) is 4. The van der Waals surface area contributed by atoms with Gasteiger partial charge in [0.25, 0.3) is 5.91 Å². The molecule has 0 fully saturated rings. The molecule has 1 amide bonds. The highest BCUT2D eigenvalue weighted by Gasteiger charge is 2.41. The van der Waals surface area contributed by atoms with Crippen LogP contribution in [-0.2, 0) is 0 Å². The number of alkyl halides is 1. The van der Waals surface area contributed by atoms with E-state index in [4.69, 9.17) is 0 Å². The highest BCUT2D eigenvalue weighted by atomic mass is 19.1. The van der Waals surface area contributed by atoms with Crippen LogP contribution in [0.5, 0.6) is 0 Å². The van der Waals surface area contributed by atoms with Gasteiger partial charge in [0.2, 0.25) is 0 Å². The zero-order valence-electron chi connectivity index (χ0n) is 19.9. The Hall–Kier alpha value is -4.75. The molecule has 10 heteroatoms. The Morgan fingerprint density at radius 1 is 1.24 bits per heavy atom. The summed E-state index contributed by atoms with van der Waals surface area (Å²) in [6, 6.07) is 16.4. The molecule has 0 aliphatic heterocycles. The molecule has 3 atom stereocenters. The molecule has 4 N–H and O–H groups in total. The molecular weight excluding hydrogens is 473 g/mol. The van der Waals surface area contributed by atoms with E-state index in [0.717, 1.165) is 10.9 Å². The number of benzene rings is 1. The minimum atomic E-state index is -1.94. The van der Waals surface area contributed by atoms with Crippen LogP contribution in [0, 0.1) is 11.3 Å². The number of aromatic nitrogens is 4. The number of nitriles is 1. The van der Waals surface area contributed by atoms with Gasteiger partial charge in [0, 0.05) is 36.3 Å². The molecule has 9 nitrogen and oxygen atoms in total. The Morgan fingerprint density at radius 3 is 2.89 bits per heavy atom. The number of fused-ring (bicyclic) bond motifs is 2. The second-order valence-electron chi connectivity index (χ2n) is 9.04. The van der Waals surface area contributed by atoms with E-state index >= 15 is 4.39 Å². The number of anilines is 1. The normalized spacial score (nSPS) is 14.5. The lowest BCUT2D eigenvalue weighted by atomic mass is 9.92. The molecule has 37 heavy (non-hydrogen) atoms. The summed E-state index contributed by atoms with van der Waals surface area (Å²) in [6.07, 6.45) is 4.16. The minimum absolute atomic E-state index is 0.130. The van der Waals surface area contributed by atoms with E-state index in [1.54, 1.807) is 30.3 Å². The number of pyridine rings is 1. The van der Waals surface area contributed by atoms with Gasteiger partial charge in [-0.05, 0) is 60.8 Å². The SMILES string of the molecule is C[C@@](O)(CNc1ccc2cc[nH]c2c1)[C@H](F)[C@H](NC(=O)c1cccnc1)c1ccc2cc(C#N)cnn12. The molecule has 0 aliphatic carbocycles. The van der Waals surface area contributed by atoms with E-state index < -0.39 is 23.7 Å². The van der Waals surface area contributed by atoms with Crippen molar-refractivity contribution in [2.75, 3.05) is 11.9 Å². The van der Waals surface area contributed by atoms with Gasteiger partial charge in [-0.25, -0.2) is 8.91 Å². The van der Waals surface area contributed by atoms with Crippen LogP contribution in [0.4, 0.5) is 10.1 Å². The molecular formula is C27H24FN7O2. The first kappa shape index (κ1) is 24.0. The van der Waals surface area contributed by atoms with Crippen LogP contribution in [0.3, 0.4) is 0 Å². The number of carbonyl (C=O) groups excluding carboxylic acids is 1. The number of hydrogen-bond acceptors (Lipinski definition) is 6. The molecule has 4 heterocycles. The number of halogens is 1. The molecule has 4 aromatic heterocycles. The van der Waals surface area contributed by atoms with Gasteiger partial charge in [-0.2, -0.15) is 10.4 Å². The minimum Gasteiger partial charge on any atom is -0.385 e. The average Bonchev–Trinajstić information content (AvgIpc) is 3.57. The van der Waals surface area contributed by atoms with Crippen LogP contribution in [0.15, 0.2) is 79.4 Å². The van der Waals surface area contributed by atoms with Gasteiger partial charge in [-0.15, -0.1) is 0 Å². The average molecular weight is 498 g/mol. The van der Waals surface area contributed by atoms with E-state index in [-0.39, 0.29) is 12.1 Å². The standard InChI is InChI=1S/C27H24FN7O2/c1-27(37,16-32-20-5-4-18-8-10-31-22(18)12-20)25(28)24(34-26(36)19-3-2-9-30-15-19)23-7-6-21-11-17(13-29)14-33-35(21)23/h2-12,14-15,24-25,31-32,37H,16H2,1H3,(H,34,36)/t24-,25-,27-/m1/s1. The van der Waals surface area contributed by atoms with Gasteiger partial charge >= 0.3 is 0 Å². The lowest BCUT2D eigenvalue weighted by Crippen LogP contribution is -2.50. The first-order valence-corrected chi connectivity index (χ1v) is 11.6. The smallest absolute Gasteiger partial charge is 0.253 e. The van der Waals surface area contributed by atoms with E-state index in [1.807, 2.05) is 36.5 Å². The molecule has 0 aliphatic rings. The van der Waals surface area contributed by atoms with Crippen LogP contribution in [0.1, 0.15) is 34.6 Å². The fourth-order valence-electron chi connectivity index (χ4n) is 4.23. The number of aromatic amines is 1. The van der Waals surface area contributed by atoms with E-state index in [1.165, 1.54) is 30.0 Å². The van der Waals surface area contributed by atoms with Crippen LogP contribution >= 0.6 is 0 Å². The van der Waals surface area contributed by atoms with Crippen LogP contribution in [0.2, 0.25) is 0 Å². The second-order valence-corrected chi connectivity index (χ2v) is 9.04. The first-order chi connectivity index (χ1) is 17.9. The monoisotopic (exact) mass is 497 g/mol. The number of nitrogens with one attached hydrogen (secondary N) is 3. The summed E-state index contributed by atoms with van der Waals surface area (Å²) in [5.74, 6) is -0.551. The summed E-state index contributed by atoms with van der Waals surface area (Å²) < 4.78 is 17.7. The summed E-state index contributed by atoms with van der Waals surface area (Å²) in [5.41, 5.74) is 1.19. The van der Waals surface area contributed by atoms with Gasteiger partial charge in [0.1, 0.15) is 17.7 Å². The van der Waals surface area contributed by atoms with Crippen molar-refractivity contribution < 1.29 is 14.3 Å². The highest BCUT2D eigenvalue weighted by molar-refractivity contribution is 5.94. The van der Waals surface area contributed by atoms with Gasteiger partial charge in [-0.3, -0.25) is 9.78 Å². The predicted molar refractivity (Wildman–Crippen MR) is 137 cm³/mol. The third kappa shape index (κ3) is 4.85. The van der Waals surface area contributed by atoms with Crippen LogP contribution in [0.25, 0.3) is 16.4 Å². The second kappa shape index (κ2) is 9.72. The number of carbonyl (C=O) groups is 1. The number of nitrogens with zero attached hydrogens (tertiary/aromatic N) is 4. The Balaban J connectivity index is 1.44. The summed E-state index contributed by atoms with van der Waals surface area (Å²) in [7, 11) is 0. The Bertz CT molecular complexity index is 1600. The van der Waals surface area contributed by atoms with Crippen molar-refractivity contribution in [1.29, 1.82) is 5.26 Å². The van der Waals surface area contributed by atoms with Crippen LogP contribution in [-0.4, -0.2) is 48.9 Å². The van der Waals surface area contributed by atoms with Gasteiger partial charge < -0.3 is 20.7 Å². The Kier molecular flexibility index (Phi) is 6.29. The predicted octanol–water partition coefficient (Wildman–Crippen LogP) is 3.75. The van der Waals surface area contributed by atoms with Crippen molar-refractivity contribution in [2.45, 2.75) is 24.7 Å². The van der Waals surface area contributed by atoms with E-state index in [9.17, 15) is 15.2 Å². The third-order valence-electron chi connectivity index (χ3n) is 6.28. The fraction of sp³-hybridized carbons (Fsp3) is 0.185. The van der Waals surface area contributed by atoms with Gasteiger partial charge in [0.15, 0.2) is 6.17 Å². The maximum absolute atomic E-state index is 16.2. The first-order valence-electron chi connectivity index (χ1n) is 11.6. The van der Waals surface area contributed by atoms with E-state index in [2.05, 4.69) is 25.7 Å². The maximum atomic E-state index is 16.2. The van der Waals surface area contributed by atoms with Crippen molar-refractivity contribution >= 4 is 28.0 Å². The molecule has 5 aromatic rings. The van der Waals surface area contributed by atoms with Crippen molar-refractivity contribution in [1.82, 2.24) is 24.9 Å². The third-order valence-corrected chi connectivity index (χ3v) is 6.28. The van der Waals surface area contributed by atoms with Crippen molar-refractivity contribution in [3.8, 4) is 6.07 Å². The molecule has 0 spiro atoms. The molecule has 5 rings (SSSR count). The molecule has 1 aromatic carbocycles. The Morgan fingerprint density at radius 2 is 2.11 bits per heavy atom. The summed E-state index contributed by atoms with van der Waals surface area (Å²) in [4.78, 5) is 20.1. The lowest BCUT2D eigenvalue weighted by molar-refractivity contribution is -0.0253. The van der Waals surface area contributed by atoms with Crippen molar-refractivity contribution in [3.63, 3.8) is 0 Å². The fourth-order valence-corrected chi connectivity index (χ4v) is 4.23. The molecule has 0 saturated heterocycles. The molecule has 0 bridgehead atoms. The largest absolute Gasteiger partial charge is 0.385 e. The number of aliphatic hydroxyl groups is 1. The van der Waals surface area contributed by atoms with Gasteiger partial charge in [0.05, 0.1) is 28.5 Å². The summed E-state index contributed by atoms with van der Waals surface area (Å²) in [5, 5.41) is 31.5. The Labute approximate surface area is 211 Å². The summed E-state index contributed by atoms with van der Waals surface area (Å²) in [6.45, 7) is 1.24. The van der Waals surface area contributed by atoms with Crippen molar-refractivity contribution in [3.05, 3.63) is 96.2 Å². The number of rotatable bonds is 8. The molecule has 0 saturated carbocycles. The molecule has 0 unspecified atom stereocenters.